The summed E-state index contributed by atoms with van der Waals surface area (Å²) in [6, 6.07) is 16.2. The van der Waals surface area contributed by atoms with Gasteiger partial charge in [0.05, 0.1) is 11.9 Å². The minimum atomic E-state index is -3.44. The van der Waals surface area contributed by atoms with Gasteiger partial charge in [0.15, 0.2) is 0 Å². The van der Waals surface area contributed by atoms with Crippen molar-refractivity contribution >= 4 is 33.2 Å². The van der Waals surface area contributed by atoms with Gasteiger partial charge >= 0.3 is 0 Å². The topological polar surface area (TPSA) is 66.5 Å². The van der Waals surface area contributed by atoms with Crippen molar-refractivity contribution in [3.63, 3.8) is 0 Å². The molecule has 1 amide bonds. The van der Waals surface area contributed by atoms with Crippen molar-refractivity contribution in [3.05, 3.63) is 65.2 Å². The Kier molecular flexibility index (Phi) is 6.84. The Labute approximate surface area is 153 Å². The lowest BCUT2D eigenvalue weighted by Gasteiger charge is -2.22. The predicted molar refractivity (Wildman–Crippen MR) is 101 cm³/mol. The zero-order chi connectivity index (χ0) is 18.3. The number of sulfonamides is 1. The van der Waals surface area contributed by atoms with Crippen molar-refractivity contribution in [3.8, 4) is 0 Å². The van der Waals surface area contributed by atoms with E-state index >= 15 is 0 Å². The van der Waals surface area contributed by atoms with Gasteiger partial charge in [-0.15, -0.1) is 0 Å². The first-order valence-corrected chi connectivity index (χ1v) is 10.1. The first kappa shape index (κ1) is 19.3. The van der Waals surface area contributed by atoms with Gasteiger partial charge in [0, 0.05) is 24.5 Å². The van der Waals surface area contributed by atoms with Gasteiger partial charge in [-0.05, 0) is 36.2 Å². The number of benzene rings is 2. The maximum absolute atomic E-state index is 12.0. The second-order valence-electron chi connectivity index (χ2n) is 5.65. The van der Waals surface area contributed by atoms with Gasteiger partial charge in [-0.1, -0.05) is 41.9 Å². The summed E-state index contributed by atoms with van der Waals surface area (Å²) in [6.07, 6.45) is 1.90. The summed E-state index contributed by atoms with van der Waals surface area (Å²) >= 11 is 5.92. The van der Waals surface area contributed by atoms with Crippen molar-refractivity contribution in [1.29, 1.82) is 0 Å². The average molecular weight is 381 g/mol. The largest absolute Gasteiger partial charge is 0.356 e. The van der Waals surface area contributed by atoms with Crippen LogP contribution in [0.5, 0.6) is 0 Å². The minimum absolute atomic E-state index is 0.0948. The first-order valence-electron chi connectivity index (χ1n) is 7.90. The summed E-state index contributed by atoms with van der Waals surface area (Å²) in [5, 5.41) is 3.47. The van der Waals surface area contributed by atoms with E-state index in [0.717, 1.165) is 11.8 Å². The first-order chi connectivity index (χ1) is 11.9. The summed E-state index contributed by atoms with van der Waals surface area (Å²) in [5.41, 5.74) is 1.59. The van der Waals surface area contributed by atoms with Crippen molar-refractivity contribution < 1.29 is 13.2 Å². The third-order valence-corrected chi connectivity index (χ3v) is 5.04. The van der Waals surface area contributed by atoms with Crippen LogP contribution in [0.4, 0.5) is 5.69 Å². The molecule has 1 N–H and O–H groups in total. The Balaban J connectivity index is 1.85. The number of hydrogen-bond donors (Lipinski definition) is 1. The fourth-order valence-corrected chi connectivity index (χ4v) is 3.55. The number of nitrogens with one attached hydrogen (secondary N) is 1. The molecule has 0 aromatic heterocycles. The minimum Gasteiger partial charge on any atom is -0.356 e. The van der Waals surface area contributed by atoms with E-state index < -0.39 is 10.0 Å². The third kappa shape index (κ3) is 6.40. The number of anilines is 1. The zero-order valence-electron chi connectivity index (χ0n) is 14.0. The Hall–Kier alpha value is -2.05. The van der Waals surface area contributed by atoms with Gasteiger partial charge in [0.1, 0.15) is 0 Å². The van der Waals surface area contributed by atoms with Crippen molar-refractivity contribution in [2.24, 2.45) is 0 Å². The van der Waals surface area contributed by atoms with E-state index in [1.807, 2.05) is 24.3 Å². The lowest BCUT2D eigenvalue weighted by Crippen LogP contribution is -2.35. The molecule has 0 heterocycles. The fraction of sp³-hybridized carbons (Fsp3) is 0.278. The number of carbonyl (C=O) groups is 1. The molecule has 0 aliphatic heterocycles. The molecule has 0 aliphatic rings. The molecule has 134 valence electrons. The van der Waals surface area contributed by atoms with Gasteiger partial charge in [-0.25, -0.2) is 8.42 Å². The number of hydrogen-bond acceptors (Lipinski definition) is 3. The van der Waals surface area contributed by atoms with E-state index in [1.54, 1.807) is 30.3 Å². The molecule has 0 bridgehead atoms. The summed E-state index contributed by atoms with van der Waals surface area (Å²) in [5.74, 6) is -0.188. The van der Waals surface area contributed by atoms with Gasteiger partial charge in [-0.3, -0.25) is 9.10 Å². The van der Waals surface area contributed by atoms with Crippen LogP contribution in [-0.4, -0.2) is 33.7 Å². The van der Waals surface area contributed by atoms with Crippen LogP contribution in [0, 0.1) is 0 Å². The second kappa shape index (κ2) is 8.87. The molecule has 0 unspecified atom stereocenters. The van der Waals surface area contributed by atoms with Gasteiger partial charge < -0.3 is 5.32 Å². The standard InChI is InChI=1S/C18H21ClN2O3S/c1-25(23,24)21(17-8-3-2-4-9-17)13-11-18(22)20-12-10-15-6-5-7-16(19)14-15/h2-9,14H,10-13H2,1H3,(H,20,22). The van der Waals surface area contributed by atoms with Crippen LogP contribution in [0.2, 0.25) is 5.02 Å². The molecule has 0 fully saturated rings. The summed E-state index contributed by atoms with van der Waals surface area (Å²) in [7, 11) is -3.44. The normalized spacial score (nSPS) is 11.1. The lowest BCUT2D eigenvalue weighted by atomic mass is 10.1. The van der Waals surface area contributed by atoms with Crippen molar-refractivity contribution in [2.45, 2.75) is 12.8 Å². The van der Waals surface area contributed by atoms with Gasteiger partial charge in [-0.2, -0.15) is 0 Å². The van der Waals surface area contributed by atoms with E-state index in [-0.39, 0.29) is 18.9 Å². The molecule has 2 aromatic rings. The molecule has 7 heteroatoms. The maximum Gasteiger partial charge on any atom is 0.232 e. The van der Waals surface area contributed by atoms with E-state index in [0.29, 0.717) is 23.7 Å². The summed E-state index contributed by atoms with van der Waals surface area (Å²) in [6.45, 7) is 0.579. The highest BCUT2D eigenvalue weighted by atomic mass is 35.5. The molecule has 0 spiro atoms. The number of nitrogens with zero attached hydrogens (tertiary/aromatic N) is 1. The van der Waals surface area contributed by atoms with Crippen LogP contribution in [0.3, 0.4) is 0 Å². The molecule has 2 rings (SSSR count). The molecule has 0 saturated heterocycles. The van der Waals surface area contributed by atoms with Gasteiger partial charge in [0.2, 0.25) is 15.9 Å². The van der Waals surface area contributed by atoms with E-state index in [4.69, 9.17) is 11.6 Å². The highest BCUT2D eigenvalue weighted by Gasteiger charge is 2.18. The fourth-order valence-electron chi connectivity index (χ4n) is 2.41. The predicted octanol–water partition coefficient (Wildman–Crippen LogP) is 2.86. The number of halogens is 1. The number of para-hydroxylation sites is 1. The number of carbonyl (C=O) groups excluding carboxylic acids is 1. The molecular formula is C18H21ClN2O3S. The second-order valence-corrected chi connectivity index (χ2v) is 7.99. The highest BCUT2D eigenvalue weighted by molar-refractivity contribution is 7.92. The molecule has 2 aromatic carbocycles. The lowest BCUT2D eigenvalue weighted by molar-refractivity contribution is -0.120. The Morgan fingerprint density at radius 3 is 2.48 bits per heavy atom. The Morgan fingerprint density at radius 1 is 1.12 bits per heavy atom. The number of rotatable bonds is 8. The van der Waals surface area contributed by atoms with Crippen LogP contribution < -0.4 is 9.62 Å². The van der Waals surface area contributed by atoms with E-state index in [2.05, 4.69) is 5.32 Å². The third-order valence-electron chi connectivity index (χ3n) is 3.61. The quantitative estimate of drug-likeness (QED) is 0.765. The Morgan fingerprint density at radius 2 is 1.84 bits per heavy atom. The monoisotopic (exact) mass is 380 g/mol. The molecule has 0 saturated carbocycles. The smallest absolute Gasteiger partial charge is 0.232 e. The highest BCUT2D eigenvalue weighted by Crippen LogP contribution is 2.17. The SMILES string of the molecule is CS(=O)(=O)N(CCC(=O)NCCc1cccc(Cl)c1)c1ccccc1. The molecular weight excluding hydrogens is 360 g/mol. The van der Waals surface area contributed by atoms with Crippen LogP contribution >= 0.6 is 11.6 Å². The zero-order valence-corrected chi connectivity index (χ0v) is 15.6. The van der Waals surface area contributed by atoms with Crippen LogP contribution in [-0.2, 0) is 21.2 Å². The number of amides is 1. The summed E-state index contributed by atoms with van der Waals surface area (Å²) in [4.78, 5) is 12.0. The molecule has 0 aliphatic carbocycles. The Bertz CT molecular complexity index is 810. The molecule has 25 heavy (non-hydrogen) atoms. The maximum atomic E-state index is 12.0. The van der Waals surface area contributed by atoms with E-state index in [1.165, 1.54) is 4.31 Å². The van der Waals surface area contributed by atoms with Gasteiger partial charge in [0.25, 0.3) is 0 Å². The summed E-state index contributed by atoms with van der Waals surface area (Å²) < 4.78 is 25.2. The molecule has 5 nitrogen and oxygen atoms in total. The van der Waals surface area contributed by atoms with Crippen molar-refractivity contribution in [1.82, 2.24) is 5.32 Å². The van der Waals surface area contributed by atoms with Crippen LogP contribution in [0.25, 0.3) is 0 Å². The van der Waals surface area contributed by atoms with Crippen LogP contribution in [0.15, 0.2) is 54.6 Å². The average Bonchev–Trinajstić information content (AvgIpc) is 2.55. The molecule has 0 atom stereocenters. The van der Waals surface area contributed by atoms with Crippen LogP contribution in [0.1, 0.15) is 12.0 Å². The molecule has 0 radical (unpaired) electrons. The van der Waals surface area contributed by atoms with E-state index in [9.17, 15) is 13.2 Å². The van der Waals surface area contributed by atoms with Crippen molar-refractivity contribution in [2.75, 3.05) is 23.7 Å².